The Labute approximate surface area is 198 Å². The number of aromatic nitrogens is 2. The number of amides is 2. The molecule has 2 heterocycles. The van der Waals surface area contributed by atoms with Gasteiger partial charge in [-0.25, -0.2) is 4.79 Å². The van der Waals surface area contributed by atoms with Crippen LogP contribution in [0.2, 0.25) is 0 Å². The molecule has 1 unspecified atom stereocenters. The van der Waals surface area contributed by atoms with Gasteiger partial charge in [-0.1, -0.05) is 51.5 Å². The Morgan fingerprint density at radius 1 is 1.21 bits per heavy atom. The molecule has 0 bridgehead atoms. The van der Waals surface area contributed by atoms with Crippen molar-refractivity contribution < 1.29 is 9.59 Å². The van der Waals surface area contributed by atoms with E-state index in [0.29, 0.717) is 13.0 Å². The Morgan fingerprint density at radius 2 is 1.91 bits per heavy atom. The van der Waals surface area contributed by atoms with E-state index in [1.807, 2.05) is 51.1 Å². The second kappa shape index (κ2) is 10.5. The van der Waals surface area contributed by atoms with Crippen LogP contribution >= 0.6 is 0 Å². The average Bonchev–Trinajstić information content (AvgIpc) is 2.77. The van der Waals surface area contributed by atoms with Crippen molar-refractivity contribution in [2.24, 2.45) is 5.92 Å². The third kappa shape index (κ3) is 5.13. The topological polar surface area (TPSA) is 121 Å². The van der Waals surface area contributed by atoms with Crippen LogP contribution in [0.3, 0.4) is 0 Å². The lowest BCUT2D eigenvalue weighted by molar-refractivity contribution is -0.129. The zero-order valence-electron chi connectivity index (χ0n) is 20.2. The first-order valence-electron chi connectivity index (χ1n) is 11.6. The Balaban J connectivity index is 2.05. The van der Waals surface area contributed by atoms with E-state index in [1.54, 1.807) is 6.20 Å². The third-order valence-electron chi connectivity index (χ3n) is 5.91. The molecule has 0 aliphatic carbocycles. The van der Waals surface area contributed by atoms with Crippen molar-refractivity contribution in [3.05, 3.63) is 62.4 Å². The van der Waals surface area contributed by atoms with Crippen molar-refractivity contribution in [1.29, 1.82) is 0 Å². The number of H-pyrrole nitrogens is 1. The van der Waals surface area contributed by atoms with E-state index in [2.05, 4.69) is 4.98 Å². The van der Waals surface area contributed by atoms with Crippen LogP contribution in [0.15, 0.2) is 40.1 Å². The first-order chi connectivity index (χ1) is 16.1. The molecule has 0 saturated carbocycles. The summed E-state index contributed by atoms with van der Waals surface area (Å²) in [7, 11) is 0. The van der Waals surface area contributed by atoms with Crippen LogP contribution in [0, 0.1) is 5.92 Å². The van der Waals surface area contributed by atoms with Gasteiger partial charge in [0.25, 0.3) is 5.56 Å². The molecule has 0 fully saturated rings. The number of hydrogen-bond donors (Lipinski definition) is 2. The monoisotopic (exact) mass is 467 g/mol. The average molecular weight is 468 g/mol. The van der Waals surface area contributed by atoms with Crippen molar-refractivity contribution in [2.45, 2.75) is 59.5 Å². The summed E-state index contributed by atoms with van der Waals surface area (Å²) in [5.41, 5.74) is 6.77. The molecule has 182 valence electrons. The Hall–Kier alpha value is -3.62. The maximum absolute atomic E-state index is 13.7. The zero-order chi connectivity index (χ0) is 25.0. The van der Waals surface area contributed by atoms with Crippen molar-refractivity contribution >= 4 is 29.4 Å². The Kier molecular flexibility index (Phi) is 7.75. The molecule has 9 nitrogen and oxygen atoms in total. The van der Waals surface area contributed by atoms with Gasteiger partial charge in [0.2, 0.25) is 11.8 Å². The number of aromatic amines is 1. The summed E-state index contributed by atoms with van der Waals surface area (Å²) >= 11 is 0. The quantitative estimate of drug-likeness (QED) is 0.618. The van der Waals surface area contributed by atoms with E-state index in [-0.39, 0.29) is 42.2 Å². The molecule has 0 saturated heterocycles. The Morgan fingerprint density at radius 3 is 2.56 bits per heavy atom. The van der Waals surface area contributed by atoms with Gasteiger partial charge in [0.05, 0.1) is 12.5 Å². The normalized spacial score (nSPS) is 14.9. The van der Waals surface area contributed by atoms with Gasteiger partial charge < -0.3 is 15.5 Å². The molecule has 1 aromatic carbocycles. The Bertz CT molecular complexity index is 1210. The number of carbonyl (C=O) groups is 2. The van der Waals surface area contributed by atoms with Gasteiger partial charge in [0.1, 0.15) is 5.82 Å². The number of nitrogens with one attached hydrogen (secondary N) is 1. The van der Waals surface area contributed by atoms with Gasteiger partial charge in [-0.2, -0.15) is 0 Å². The van der Waals surface area contributed by atoms with Crippen LogP contribution in [-0.2, 0) is 16.1 Å². The first kappa shape index (κ1) is 25.0. The van der Waals surface area contributed by atoms with Crippen molar-refractivity contribution in [2.75, 3.05) is 17.2 Å². The van der Waals surface area contributed by atoms with Crippen LogP contribution in [0.1, 0.15) is 64.1 Å². The standard InChI is InChI=1S/C25H33N5O4/c1-5-6-12-29-23(26)22(24(33)27-25(29)34)30(15-16(2)3)21(32)14-20-19-10-8-7-9-18(19)11-13-28(20)17(4)31/h7-11,13,16,20H,5-6,12,14-15,26H2,1-4H3,(H,27,33,34). The van der Waals surface area contributed by atoms with E-state index < -0.39 is 17.3 Å². The molecule has 3 rings (SSSR count). The van der Waals surface area contributed by atoms with Gasteiger partial charge in [0.15, 0.2) is 5.69 Å². The lowest BCUT2D eigenvalue weighted by atomic mass is 9.93. The van der Waals surface area contributed by atoms with Gasteiger partial charge in [0, 0.05) is 26.2 Å². The second-order valence-corrected chi connectivity index (χ2v) is 8.99. The highest BCUT2D eigenvalue weighted by Crippen LogP contribution is 2.34. The molecule has 1 aromatic heterocycles. The number of anilines is 2. The van der Waals surface area contributed by atoms with Crippen molar-refractivity contribution in [3.8, 4) is 0 Å². The second-order valence-electron chi connectivity index (χ2n) is 8.99. The smallest absolute Gasteiger partial charge is 0.330 e. The van der Waals surface area contributed by atoms with Crippen molar-refractivity contribution in [1.82, 2.24) is 14.5 Å². The number of hydrogen-bond acceptors (Lipinski definition) is 5. The first-order valence-corrected chi connectivity index (χ1v) is 11.6. The summed E-state index contributed by atoms with van der Waals surface area (Å²) in [6.07, 6.45) is 5.02. The van der Waals surface area contributed by atoms with Crippen molar-refractivity contribution in [3.63, 3.8) is 0 Å². The predicted octanol–water partition coefficient (Wildman–Crippen LogP) is 2.87. The molecule has 1 aliphatic rings. The van der Waals surface area contributed by atoms with E-state index in [4.69, 9.17) is 5.73 Å². The molecular formula is C25H33N5O4. The summed E-state index contributed by atoms with van der Waals surface area (Å²) < 4.78 is 1.31. The minimum absolute atomic E-state index is 0.0245. The SMILES string of the molecule is CCCCn1c(N)c(N(CC(C)C)C(=O)CC2c3ccccc3C=CN2C(C)=O)c(=O)[nH]c1=O. The fourth-order valence-electron chi connectivity index (χ4n) is 4.25. The predicted molar refractivity (Wildman–Crippen MR) is 133 cm³/mol. The molecule has 2 aromatic rings. The molecular weight excluding hydrogens is 434 g/mol. The number of rotatable bonds is 8. The fourth-order valence-corrected chi connectivity index (χ4v) is 4.25. The van der Waals surface area contributed by atoms with E-state index >= 15 is 0 Å². The van der Waals surface area contributed by atoms with Gasteiger partial charge in [-0.05, 0) is 29.5 Å². The highest BCUT2D eigenvalue weighted by atomic mass is 16.2. The number of fused-ring (bicyclic) bond motifs is 1. The summed E-state index contributed by atoms with van der Waals surface area (Å²) in [5.74, 6) is -0.540. The van der Waals surface area contributed by atoms with Crippen LogP contribution < -0.4 is 21.9 Å². The number of carbonyl (C=O) groups excluding carboxylic acids is 2. The van der Waals surface area contributed by atoms with Crippen LogP contribution in [0.4, 0.5) is 11.5 Å². The summed E-state index contributed by atoms with van der Waals surface area (Å²) in [4.78, 5) is 56.5. The zero-order valence-corrected chi connectivity index (χ0v) is 20.2. The maximum Gasteiger partial charge on any atom is 0.330 e. The maximum atomic E-state index is 13.7. The van der Waals surface area contributed by atoms with E-state index in [0.717, 1.165) is 17.5 Å². The van der Waals surface area contributed by atoms with Crippen LogP contribution in [-0.4, -0.2) is 32.8 Å². The van der Waals surface area contributed by atoms with Gasteiger partial charge in [-0.3, -0.25) is 23.9 Å². The number of nitrogens with two attached hydrogens (primary N) is 1. The fraction of sp³-hybridized carbons (Fsp3) is 0.440. The van der Waals surface area contributed by atoms with E-state index in [9.17, 15) is 19.2 Å². The van der Waals surface area contributed by atoms with E-state index in [1.165, 1.54) is 21.3 Å². The number of benzene rings is 1. The highest BCUT2D eigenvalue weighted by Gasteiger charge is 2.32. The largest absolute Gasteiger partial charge is 0.383 e. The summed E-state index contributed by atoms with van der Waals surface area (Å²) in [6, 6.07) is 7.07. The molecule has 9 heteroatoms. The summed E-state index contributed by atoms with van der Waals surface area (Å²) in [5, 5.41) is 0. The van der Waals surface area contributed by atoms with Crippen LogP contribution in [0.5, 0.6) is 0 Å². The number of nitrogen functional groups attached to an aromatic ring is 1. The lowest BCUT2D eigenvalue weighted by Gasteiger charge is -2.34. The molecule has 34 heavy (non-hydrogen) atoms. The highest BCUT2D eigenvalue weighted by molar-refractivity contribution is 5.96. The molecule has 1 aliphatic heterocycles. The number of nitrogens with zero attached hydrogens (tertiary/aromatic N) is 3. The minimum Gasteiger partial charge on any atom is -0.383 e. The minimum atomic E-state index is -0.698. The van der Waals surface area contributed by atoms with Crippen LogP contribution in [0.25, 0.3) is 6.08 Å². The van der Waals surface area contributed by atoms with Gasteiger partial charge >= 0.3 is 5.69 Å². The van der Waals surface area contributed by atoms with Gasteiger partial charge in [-0.15, -0.1) is 0 Å². The number of unbranched alkanes of at least 4 members (excludes halogenated alkanes) is 1. The molecule has 0 radical (unpaired) electrons. The molecule has 2 amide bonds. The third-order valence-corrected chi connectivity index (χ3v) is 5.91. The summed E-state index contributed by atoms with van der Waals surface area (Å²) in [6.45, 7) is 7.88. The molecule has 3 N–H and O–H groups in total. The molecule has 0 spiro atoms. The lowest BCUT2D eigenvalue weighted by Crippen LogP contribution is -2.44. The molecule has 1 atom stereocenters.